The number of nitrogens with zero attached hydrogens (tertiary/aromatic N) is 1. The number of pyridine rings is 1. The summed E-state index contributed by atoms with van der Waals surface area (Å²) in [7, 11) is 0. The van der Waals surface area contributed by atoms with E-state index in [1.807, 2.05) is 42.5 Å². The Labute approximate surface area is 170 Å². The normalized spacial score (nSPS) is 18.0. The quantitative estimate of drug-likeness (QED) is 0.513. The molecule has 2 atom stereocenters. The number of ether oxygens (including phenoxy) is 1. The number of benzene rings is 3. The molecule has 0 amide bonds. The molecule has 0 aliphatic heterocycles. The maximum Gasteiger partial charge on any atom is 0.130 e. The van der Waals surface area contributed by atoms with Gasteiger partial charge in [0.25, 0.3) is 0 Å². The van der Waals surface area contributed by atoms with Gasteiger partial charge in [-0.1, -0.05) is 60.7 Å². The predicted molar refractivity (Wildman–Crippen MR) is 115 cm³/mol. The van der Waals surface area contributed by atoms with Crippen molar-refractivity contribution in [2.45, 2.75) is 25.6 Å². The number of aromatic nitrogens is 1. The van der Waals surface area contributed by atoms with Crippen LogP contribution in [0, 0.1) is 5.92 Å². The van der Waals surface area contributed by atoms with E-state index >= 15 is 0 Å². The Hall–Kier alpha value is -3.17. The van der Waals surface area contributed by atoms with Crippen molar-refractivity contribution in [3.8, 4) is 5.75 Å². The van der Waals surface area contributed by atoms with E-state index in [2.05, 4.69) is 47.4 Å². The van der Waals surface area contributed by atoms with Crippen LogP contribution < -0.4 is 4.74 Å². The Morgan fingerprint density at radius 3 is 2.62 bits per heavy atom. The fourth-order valence-corrected chi connectivity index (χ4v) is 4.22. The molecule has 4 aromatic rings. The summed E-state index contributed by atoms with van der Waals surface area (Å²) in [6.45, 7) is 0.410. The highest BCUT2D eigenvalue weighted by Crippen LogP contribution is 2.39. The van der Waals surface area contributed by atoms with Gasteiger partial charge in [-0.3, -0.25) is 0 Å². The SMILES string of the molecule is OC1c2cc(OCc3ccc4ccccc4n3)ccc2CC1Cc1ccccc1. The lowest BCUT2D eigenvalue weighted by molar-refractivity contribution is 0.123. The largest absolute Gasteiger partial charge is 0.487 e. The summed E-state index contributed by atoms with van der Waals surface area (Å²) >= 11 is 0. The number of para-hydroxylation sites is 1. The zero-order chi connectivity index (χ0) is 19.6. The van der Waals surface area contributed by atoms with Gasteiger partial charge in [0.05, 0.1) is 17.3 Å². The Morgan fingerprint density at radius 1 is 0.897 bits per heavy atom. The van der Waals surface area contributed by atoms with Crippen LogP contribution in [0.15, 0.2) is 84.9 Å². The molecule has 3 aromatic carbocycles. The minimum atomic E-state index is -0.451. The number of hydrogen-bond donors (Lipinski definition) is 1. The fraction of sp³-hybridized carbons (Fsp3) is 0.192. The first-order valence-corrected chi connectivity index (χ1v) is 10.1. The maximum atomic E-state index is 10.9. The van der Waals surface area contributed by atoms with Gasteiger partial charge in [0, 0.05) is 5.39 Å². The van der Waals surface area contributed by atoms with Gasteiger partial charge in [-0.2, -0.15) is 0 Å². The Bertz CT molecular complexity index is 1140. The molecule has 1 aromatic heterocycles. The van der Waals surface area contributed by atoms with Crippen molar-refractivity contribution in [1.82, 2.24) is 4.98 Å². The molecule has 0 spiro atoms. The highest BCUT2D eigenvalue weighted by Gasteiger charge is 2.31. The smallest absolute Gasteiger partial charge is 0.130 e. The summed E-state index contributed by atoms with van der Waals surface area (Å²) in [6, 6.07) is 28.6. The Balaban J connectivity index is 1.29. The van der Waals surface area contributed by atoms with Crippen molar-refractivity contribution in [3.05, 3.63) is 107 Å². The van der Waals surface area contributed by atoms with Crippen molar-refractivity contribution < 1.29 is 9.84 Å². The first kappa shape index (κ1) is 17.9. The molecule has 3 nitrogen and oxygen atoms in total. The number of aliphatic hydroxyl groups excluding tert-OH is 1. The molecule has 5 rings (SSSR count). The monoisotopic (exact) mass is 381 g/mol. The molecule has 1 heterocycles. The molecule has 1 aliphatic rings. The molecular formula is C26H23NO2. The molecule has 0 fully saturated rings. The van der Waals surface area contributed by atoms with Gasteiger partial charge < -0.3 is 9.84 Å². The average molecular weight is 381 g/mol. The van der Waals surface area contributed by atoms with E-state index in [1.165, 1.54) is 11.1 Å². The van der Waals surface area contributed by atoms with E-state index < -0.39 is 6.10 Å². The van der Waals surface area contributed by atoms with Crippen molar-refractivity contribution in [2.24, 2.45) is 5.92 Å². The van der Waals surface area contributed by atoms with Crippen molar-refractivity contribution in [3.63, 3.8) is 0 Å². The third-order valence-electron chi connectivity index (χ3n) is 5.75. The predicted octanol–water partition coefficient (Wildman–Crippen LogP) is 5.26. The standard InChI is InChI=1S/C26H23NO2/c28-26-21(14-18-6-2-1-3-7-18)15-20-11-13-23(16-24(20)26)29-17-22-12-10-19-8-4-5-9-25(19)27-22/h1-13,16,21,26,28H,14-15,17H2. The Morgan fingerprint density at radius 2 is 1.72 bits per heavy atom. The summed E-state index contributed by atoms with van der Waals surface area (Å²) in [4.78, 5) is 4.66. The van der Waals surface area contributed by atoms with Crippen molar-refractivity contribution in [1.29, 1.82) is 0 Å². The minimum Gasteiger partial charge on any atom is -0.487 e. The first-order valence-electron chi connectivity index (χ1n) is 10.1. The van der Waals surface area contributed by atoms with Gasteiger partial charge in [0.2, 0.25) is 0 Å². The molecule has 2 unspecified atom stereocenters. The molecule has 144 valence electrons. The molecule has 0 saturated carbocycles. The highest BCUT2D eigenvalue weighted by molar-refractivity contribution is 5.78. The van der Waals surface area contributed by atoms with E-state index in [0.29, 0.717) is 6.61 Å². The molecule has 29 heavy (non-hydrogen) atoms. The molecule has 1 N–H and O–H groups in total. The van der Waals surface area contributed by atoms with Crippen LogP contribution in [0.3, 0.4) is 0 Å². The number of aliphatic hydroxyl groups is 1. The molecule has 3 heteroatoms. The average Bonchev–Trinajstić information content (AvgIpc) is 3.07. The van der Waals surface area contributed by atoms with E-state index in [0.717, 1.165) is 40.8 Å². The summed E-state index contributed by atoms with van der Waals surface area (Å²) in [5, 5.41) is 12.0. The number of rotatable bonds is 5. The third-order valence-corrected chi connectivity index (χ3v) is 5.75. The molecule has 1 aliphatic carbocycles. The van der Waals surface area contributed by atoms with Gasteiger partial charge in [0.15, 0.2) is 0 Å². The van der Waals surface area contributed by atoms with E-state index in [1.54, 1.807) is 0 Å². The van der Waals surface area contributed by atoms with Crippen LogP contribution in [-0.2, 0) is 19.4 Å². The highest BCUT2D eigenvalue weighted by atomic mass is 16.5. The lowest BCUT2D eigenvalue weighted by atomic mass is 9.95. The van der Waals surface area contributed by atoms with Crippen molar-refractivity contribution >= 4 is 10.9 Å². The van der Waals surface area contributed by atoms with Crippen molar-refractivity contribution in [2.75, 3.05) is 0 Å². The van der Waals surface area contributed by atoms with Crippen LogP contribution in [0.25, 0.3) is 10.9 Å². The Kier molecular flexibility index (Phi) is 4.74. The summed E-state index contributed by atoms with van der Waals surface area (Å²) in [5.41, 5.74) is 5.35. The molecule has 0 bridgehead atoms. The van der Waals surface area contributed by atoms with E-state index in [-0.39, 0.29) is 5.92 Å². The van der Waals surface area contributed by atoms with Crippen LogP contribution in [0.2, 0.25) is 0 Å². The molecule has 0 saturated heterocycles. The third kappa shape index (κ3) is 3.74. The second-order valence-corrected chi connectivity index (χ2v) is 7.74. The topological polar surface area (TPSA) is 42.4 Å². The number of fused-ring (bicyclic) bond motifs is 2. The minimum absolute atomic E-state index is 0.213. The maximum absolute atomic E-state index is 10.9. The fourth-order valence-electron chi connectivity index (χ4n) is 4.22. The van der Waals surface area contributed by atoms with Crippen LogP contribution in [0.1, 0.15) is 28.5 Å². The summed E-state index contributed by atoms with van der Waals surface area (Å²) in [6.07, 6.45) is 1.33. The van der Waals surface area contributed by atoms with Gasteiger partial charge in [-0.25, -0.2) is 4.98 Å². The number of hydrogen-bond acceptors (Lipinski definition) is 3. The second-order valence-electron chi connectivity index (χ2n) is 7.74. The zero-order valence-corrected chi connectivity index (χ0v) is 16.2. The van der Waals surface area contributed by atoms with Crippen LogP contribution in [0.4, 0.5) is 0 Å². The first-order chi connectivity index (χ1) is 14.3. The van der Waals surface area contributed by atoms with Gasteiger partial charge >= 0.3 is 0 Å². The van der Waals surface area contributed by atoms with Gasteiger partial charge in [-0.05, 0) is 59.7 Å². The van der Waals surface area contributed by atoms with Crippen LogP contribution in [0.5, 0.6) is 5.75 Å². The summed E-state index contributed by atoms with van der Waals surface area (Å²) in [5.74, 6) is 0.989. The van der Waals surface area contributed by atoms with E-state index in [9.17, 15) is 5.11 Å². The lowest BCUT2D eigenvalue weighted by Crippen LogP contribution is -2.10. The lowest BCUT2D eigenvalue weighted by Gasteiger charge is -2.15. The summed E-state index contributed by atoms with van der Waals surface area (Å²) < 4.78 is 5.99. The zero-order valence-electron chi connectivity index (χ0n) is 16.2. The second kappa shape index (κ2) is 7.69. The van der Waals surface area contributed by atoms with Crippen LogP contribution >= 0.6 is 0 Å². The van der Waals surface area contributed by atoms with E-state index in [4.69, 9.17) is 4.74 Å². The van der Waals surface area contributed by atoms with Crippen LogP contribution in [-0.4, -0.2) is 10.1 Å². The molecular weight excluding hydrogens is 358 g/mol. The van der Waals surface area contributed by atoms with Gasteiger partial charge in [-0.15, -0.1) is 0 Å². The molecule has 0 radical (unpaired) electrons. The van der Waals surface area contributed by atoms with Gasteiger partial charge in [0.1, 0.15) is 12.4 Å².